The number of para-hydroxylation sites is 1. The number of hydrogen-bond acceptors (Lipinski definition) is 5. The Kier molecular flexibility index (Phi) is 4.60. The van der Waals surface area contributed by atoms with Gasteiger partial charge < -0.3 is 15.2 Å². The van der Waals surface area contributed by atoms with Crippen LogP contribution in [0.25, 0.3) is 0 Å². The Bertz CT molecular complexity index is 925. The monoisotopic (exact) mass is 364 g/mol. The van der Waals surface area contributed by atoms with Gasteiger partial charge in [-0.25, -0.2) is 9.67 Å². The number of aliphatic hydroxyl groups excluding tert-OH is 1. The summed E-state index contributed by atoms with van der Waals surface area (Å²) in [6.07, 6.45) is 3.66. The van der Waals surface area contributed by atoms with Crippen LogP contribution in [0.4, 0.5) is 0 Å². The molecule has 0 saturated carbocycles. The van der Waals surface area contributed by atoms with Crippen molar-refractivity contribution in [3.8, 4) is 5.75 Å². The molecule has 7 heteroatoms. The van der Waals surface area contributed by atoms with Crippen molar-refractivity contribution in [3.05, 3.63) is 77.9 Å². The number of carbonyl (C=O) groups is 1. The molecule has 27 heavy (non-hydrogen) atoms. The SMILES string of the molecule is O=C(NC1(CO)COc2ccccc2C1)c1ccc(Cn2cncn2)cc1. The second-order valence-corrected chi connectivity index (χ2v) is 6.76. The number of nitrogens with zero attached hydrogens (tertiary/aromatic N) is 3. The number of ether oxygens (including phenoxy) is 1. The minimum absolute atomic E-state index is 0.197. The Morgan fingerprint density at radius 2 is 2.04 bits per heavy atom. The van der Waals surface area contributed by atoms with Crippen LogP contribution in [0, 0.1) is 0 Å². The zero-order valence-electron chi connectivity index (χ0n) is 14.7. The van der Waals surface area contributed by atoms with Crippen molar-refractivity contribution in [1.82, 2.24) is 20.1 Å². The Labute approximate surface area is 156 Å². The van der Waals surface area contributed by atoms with Crippen LogP contribution in [0.5, 0.6) is 5.75 Å². The van der Waals surface area contributed by atoms with Crippen LogP contribution in [0.2, 0.25) is 0 Å². The van der Waals surface area contributed by atoms with Gasteiger partial charge >= 0.3 is 0 Å². The number of benzene rings is 2. The zero-order valence-corrected chi connectivity index (χ0v) is 14.7. The predicted molar refractivity (Wildman–Crippen MR) is 98.5 cm³/mol. The number of aromatic nitrogens is 3. The maximum absolute atomic E-state index is 12.7. The Morgan fingerprint density at radius 3 is 2.78 bits per heavy atom. The van der Waals surface area contributed by atoms with Crippen molar-refractivity contribution in [2.45, 2.75) is 18.5 Å². The topological polar surface area (TPSA) is 89.3 Å². The minimum atomic E-state index is -0.829. The molecule has 0 bridgehead atoms. The number of hydrogen-bond donors (Lipinski definition) is 2. The van der Waals surface area contributed by atoms with Crippen LogP contribution in [-0.2, 0) is 13.0 Å². The average Bonchev–Trinajstić information content (AvgIpc) is 3.21. The summed E-state index contributed by atoms with van der Waals surface area (Å²) in [6.45, 7) is 0.626. The molecule has 1 unspecified atom stereocenters. The third-order valence-electron chi connectivity index (χ3n) is 4.71. The van der Waals surface area contributed by atoms with E-state index in [2.05, 4.69) is 15.4 Å². The number of rotatable bonds is 5. The van der Waals surface area contributed by atoms with Gasteiger partial charge in [0.25, 0.3) is 5.91 Å². The second kappa shape index (κ2) is 7.20. The Morgan fingerprint density at radius 1 is 1.22 bits per heavy atom. The quantitative estimate of drug-likeness (QED) is 0.715. The molecule has 2 N–H and O–H groups in total. The lowest BCUT2D eigenvalue weighted by molar-refractivity contribution is 0.0653. The van der Waals surface area contributed by atoms with Gasteiger partial charge in [0.2, 0.25) is 0 Å². The Balaban J connectivity index is 1.46. The van der Waals surface area contributed by atoms with E-state index < -0.39 is 5.54 Å². The molecular weight excluding hydrogens is 344 g/mol. The van der Waals surface area contributed by atoms with Gasteiger partial charge in [0.15, 0.2) is 0 Å². The predicted octanol–water partition coefficient (Wildman–Crippen LogP) is 1.42. The third-order valence-corrected chi connectivity index (χ3v) is 4.71. The van der Waals surface area contributed by atoms with Gasteiger partial charge in [-0.15, -0.1) is 0 Å². The summed E-state index contributed by atoms with van der Waals surface area (Å²) in [5.74, 6) is 0.563. The molecule has 0 saturated heterocycles. The Hall–Kier alpha value is -3.19. The molecule has 7 nitrogen and oxygen atoms in total. The van der Waals surface area contributed by atoms with E-state index in [1.807, 2.05) is 36.4 Å². The van der Waals surface area contributed by atoms with Gasteiger partial charge in [0, 0.05) is 12.0 Å². The maximum Gasteiger partial charge on any atom is 0.251 e. The highest BCUT2D eigenvalue weighted by atomic mass is 16.5. The molecule has 1 aromatic heterocycles. The van der Waals surface area contributed by atoms with Crippen molar-refractivity contribution in [2.75, 3.05) is 13.2 Å². The lowest BCUT2D eigenvalue weighted by atomic mass is 9.89. The van der Waals surface area contributed by atoms with Gasteiger partial charge in [0.05, 0.1) is 13.2 Å². The molecule has 138 valence electrons. The summed E-state index contributed by atoms with van der Waals surface area (Å²) in [5, 5.41) is 17.0. The highest BCUT2D eigenvalue weighted by molar-refractivity contribution is 5.94. The molecule has 1 aliphatic rings. The maximum atomic E-state index is 12.7. The van der Waals surface area contributed by atoms with Crippen LogP contribution in [0.3, 0.4) is 0 Å². The first-order valence-electron chi connectivity index (χ1n) is 8.73. The second-order valence-electron chi connectivity index (χ2n) is 6.76. The van der Waals surface area contributed by atoms with Crippen molar-refractivity contribution < 1.29 is 14.6 Å². The van der Waals surface area contributed by atoms with E-state index in [1.165, 1.54) is 6.33 Å². The molecule has 0 radical (unpaired) electrons. The van der Waals surface area contributed by atoms with Gasteiger partial charge in [-0.05, 0) is 29.3 Å². The van der Waals surface area contributed by atoms with E-state index in [1.54, 1.807) is 23.1 Å². The molecular formula is C20H20N4O3. The first-order chi connectivity index (χ1) is 13.2. The fourth-order valence-corrected chi connectivity index (χ4v) is 3.22. The molecule has 0 aliphatic carbocycles. The van der Waals surface area contributed by atoms with Crippen LogP contribution >= 0.6 is 0 Å². The lowest BCUT2D eigenvalue weighted by Crippen LogP contribution is -2.58. The number of amides is 1. The van der Waals surface area contributed by atoms with Gasteiger partial charge in [-0.3, -0.25) is 4.79 Å². The molecule has 1 atom stereocenters. The molecule has 4 rings (SSSR count). The summed E-state index contributed by atoms with van der Waals surface area (Å²) in [5.41, 5.74) is 1.69. The molecule has 2 aromatic carbocycles. The van der Waals surface area contributed by atoms with E-state index in [9.17, 15) is 9.90 Å². The van der Waals surface area contributed by atoms with Crippen molar-refractivity contribution >= 4 is 5.91 Å². The third kappa shape index (κ3) is 3.68. The number of carbonyl (C=O) groups excluding carboxylic acids is 1. The summed E-state index contributed by atoms with van der Waals surface area (Å²) >= 11 is 0. The summed E-state index contributed by atoms with van der Waals surface area (Å²) < 4.78 is 7.47. The standard InChI is InChI=1S/C20H20N4O3/c25-11-20(9-17-3-1-2-4-18(17)27-12-20)23-19(26)16-7-5-15(6-8-16)10-24-14-21-13-22-24/h1-8,13-14,25H,9-12H2,(H,23,26). The number of aliphatic hydroxyl groups is 1. The largest absolute Gasteiger partial charge is 0.491 e. The molecule has 0 spiro atoms. The molecule has 1 aliphatic heterocycles. The molecule has 3 aromatic rings. The van der Waals surface area contributed by atoms with Crippen molar-refractivity contribution in [2.24, 2.45) is 0 Å². The van der Waals surface area contributed by atoms with Crippen LogP contribution < -0.4 is 10.1 Å². The number of fused-ring (bicyclic) bond motifs is 1. The highest BCUT2D eigenvalue weighted by Gasteiger charge is 2.37. The van der Waals surface area contributed by atoms with Gasteiger partial charge in [0.1, 0.15) is 30.5 Å². The first-order valence-corrected chi connectivity index (χ1v) is 8.73. The summed E-state index contributed by atoms with van der Waals surface area (Å²) in [4.78, 5) is 16.6. The number of nitrogens with one attached hydrogen (secondary N) is 1. The fourth-order valence-electron chi connectivity index (χ4n) is 3.22. The summed E-state index contributed by atoms with van der Waals surface area (Å²) in [6, 6.07) is 15.0. The highest BCUT2D eigenvalue weighted by Crippen LogP contribution is 2.29. The lowest BCUT2D eigenvalue weighted by Gasteiger charge is -2.37. The van der Waals surface area contributed by atoms with Crippen LogP contribution in [0.1, 0.15) is 21.5 Å². The molecule has 1 amide bonds. The van der Waals surface area contributed by atoms with Crippen molar-refractivity contribution in [1.29, 1.82) is 0 Å². The van der Waals surface area contributed by atoms with Gasteiger partial charge in [-0.1, -0.05) is 30.3 Å². The van der Waals surface area contributed by atoms with Crippen LogP contribution in [-0.4, -0.2) is 44.5 Å². The minimum Gasteiger partial charge on any atom is -0.491 e. The zero-order chi connectivity index (χ0) is 18.7. The summed E-state index contributed by atoms with van der Waals surface area (Å²) in [7, 11) is 0. The van der Waals surface area contributed by atoms with E-state index in [-0.39, 0.29) is 19.1 Å². The van der Waals surface area contributed by atoms with Crippen LogP contribution in [0.15, 0.2) is 61.2 Å². The molecule has 2 heterocycles. The van der Waals surface area contributed by atoms with E-state index in [0.29, 0.717) is 18.5 Å². The normalized spacial score (nSPS) is 18.4. The first kappa shape index (κ1) is 17.2. The molecule has 0 fully saturated rings. The van der Waals surface area contributed by atoms with E-state index in [4.69, 9.17) is 4.74 Å². The average molecular weight is 364 g/mol. The van der Waals surface area contributed by atoms with E-state index in [0.717, 1.165) is 16.9 Å². The van der Waals surface area contributed by atoms with Crippen molar-refractivity contribution in [3.63, 3.8) is 0 Å². The van der Waals surface area contributed by atoms with Gasteiger partial charge in [-0.2, -0.15) is 5.10 Å². The van der Waals surface area contributed by atoms with E-state index >= 15 is 0 Å². The fraction of sp³-hybridized carbons (Fsp3) is 0.250. The smallest absolute Gasteiger partial charge is 0.251 e.